The van der Waals surface area contributed by atoms with Gasteiger partial charge in [-0.15, -0.1) is 11.3 Å². The molecule has 2 heterocycles. The molecule has 0 saturated carbocycles. The van der Waals surface area contributed by atoms with Crippen LogP contribution in [0.15, 0.2) is 42.0 Å². The molecule has 0 fully saturated rings. The summed E-state index contributed by atoms with van der Waals surface area (Å²) in [5.41, 5.74) is 2.01. The predicted molar refractivity (Wildman–Crippen MR) is 77.1 cm³/mol. The van der Waals surface area contributed by atoms with Crippen LogP contribution in [0.3, 0.4) is 0 Å². The van der Waals surface area contributed by atoms with Crippen molar-refractivity contribution in [2.24, 2.45) is 0 Å². The molecule has 0 unspecified atom stereocenters. The van der Waals surface area contributed by atoms with Gasteiger partial charge in [0.05, 0.1) is 12.0 Å². The molecule has 0 bridgehead atoms. The van der Waals surface area contributed by atoms with Crippen molar-refractivity contribution in [2.45, 2.75) is 13.2 Å². The Morgan fingerprint density at radius 2 is 1.95 bits per heavy atom. The molecule has 5 heteroatoms. The average molecular weight is 271 g/mol. The largest absolute Gasteiger partial charge is 0.392 e. The van der Waals surface area contributed by atoms with Crippen molar-refractivity contribution in [2.75, 3.05) is 5.32 Å². The second kappa shape index (κ2) is 5.34. The first-order chi connectivity index (χ1) is 9.38. The van der Waals surface area contributed by atoms with Gasteiger partial charge in [-0.05, 0) is 22.6 Å². The Bertz CT molecular complexity index is 696. The number of aromatic nitrogens is 2. The van der Waals surface area contributed by atoms with Crippen LogP contribution >= 0.6 is 11.3 Å². The standard InChI is InChI=1S/C14H13N3OS/c18-8-11-4-2-1-3-10(11)7-15-13-12-5-6-19-14(12)17-9-16-13/h1-6,9,18H,7-8H2,(H,15,16,17). The third-order valence-electron chi connectivity index (χ3n) is 3.00. The summed E-state index contributed by atoms with van der Waals surface area (Å²) in [6.07, 6.45) is 1.57. The highest BCUT2D eigenvalue weighted by molar-refractivity contribution is 7.16. The van der Waals surface area contributed by atoms with Crippen LogP contribution in [0.2, 0.25) is 0 Å². The Labute approximate surface area is 114 Å². The fraction of sp³-hybridized carbons (Fsp3) is 0.143. The van der Waals surface area contributed by atoms with Crippen LogP contribution in [0.1, 0.15) is 11.1 Å². The molecule has 2 aromatic heterocycles. The van der Waals surface area contributed by atoms with Gasteiger partial charge in [0.15, 0.2) is 0 Å². The third-order valence-corrected chi connectivity index (χ3v) is 3.82. The number of rotatable bonds is 4. The molecule has 0 amide bonds. The van der Waals surface area contributed by atoms with E-state index in [9.17, 15) is 5.11 Å². The number of fused-ring (bicyclic) bond motifs is 1. The number of aliphatic hydroxyl groups is 1. The zero-order chi connectivity index (χ0) is 13.1. The zero-order valence-corrected chi connectivity index (χ0v) is 11.0. The van der Waals surface area contributed by atoms with Crippen molar-refractivity contribution >= 4 is 27.4 Å². The maximum Gasteiger partial charge on any atom is 0.138 e. The summed E-state index contributed by atoms with van der Waals surface area (Å²) in [5.74, 6) is 0.832. The van der Waals surface area contributed by atoms with E-state index in [2.05, 4.69) is 15.3 Å². The number of nitrogens with zero attached hydrogens (tertiary/aromatic N) is 2. The van der Waals surface area contributed by atoms with Crippen LogP contribution in [-0.4, -0.2) is 15.1 Å². The van der Waals surface area contributed by atoms with E-state index in [1.54, 1.807) is 17.7 Å². The summed E-state index contributed by atoms with van der Waals surface area (Å²) < 4.78 is 0. The molecule has 0 spiro atoms. The zero-order valence-electron chi connectivity index (χ0n) is 10.2. The summed E-state index contributed by atoms with van der Waals surface area (Å²) in [6, 6.07) is 9.84. The molecule has 0 aliphatic heterocycles. The van der Waals surface area contributed by atoms with E-state index in [1.807, 2.05) is 35.7 Å². The molecule has 0 aliphatic carbocycles. The Hall–Kier alpha value is -1.98. The minimum Gasteiger partial charge on any atom is -0.392 e. The maximum atomic E-state index is 9.30. The van der Waals surface area contributed by atoms with Crippen molar-refractivity contribution < 1.29 is 5.11 Å². The highest BCUT2D eigenvalue weighted by atomic mass is 32.1. The van der Waals surface area contributed by atoms with Crippen molar-refractivity contribution in [3.63, 3.8) is 0 Å². The molecule has 0 aliphatic rings. The van der Waals surface area contributed by atoms with Crippen molar-refractivity contribution in [3.8, 4) is 0 Å². The first-order valence-electron chi connectivity index (χ1n) is 5.98. The van der Waals surface area contributed by atoms with Gasteiger partial charge in [0.25, 0.3) is 0 Å². The maximum absolute atomic E-state index is 9.30. The lowest BCUT2D eigenvalue weighted by atomic mass is 10.1. The van der Waals surface area contributed by atoms with Gasteiger partial charge in [-0.3, -0.25) is 0 Å². The summed E-state index contributed by atoms with van der Waals surface area (Å²) in [7, 11) is 0. The minimum atomic E-state index is 0.0511. The molecule has 0 atom stereocenters. The first-order valence-corrected chi connectivity index (χ1v) is 6.86. The number of hydrogen-bond acceptors (Lipinski definition) is 5. The molecule has 96 valence electrons. The second-order valence-electron chi connectivity index (χ2n) is 4.14. The number of aliphatic hydroxyl groups excluding tert-OH is 1. The van der Waals surface area contributed by atoms with Crippen LogP contribution < -0.4 is 5.32 Å². The lowest BCUT2D eigenvalue weighted by Crippen LogP contribution is -2.04. The predicted octanol–water partition coefficient (Wildman–Crippen LogP) is 2.80. The van der Waals surface area contributed by atoms with E-state index < -0.39 is 0 Å². The van der Waals surface area contributed by atoms with Crippen LogP contribution in [0.25, 0.3) is 10.2 Å². The minimum absolute atomic E-state index is 0.0511. The van der Waals surface area contributed by atoms with E-state index >= 15 is 0 Å². The molecule has 0 saturated heterocycles. The molecule has 1 aromatic carbocycles. The monoisotopic (exact) mass is 271 g/mol. The number of thiophene rings is 1. The first kappa shape index (κ1) is 12.1. The van der Waals surface area contributed by atoms with Gasteiger partial charge < -0.3 is 10.4 Å². The van der Waals surface area contributed by atoms with Gasteiger partial charge in [0.1, 0.15) is 17.0 Å². The van der Waals surface area contributed by atoms with E-state index in [0.717, 1.165) is 27.2 Å². The number of anilines is 1. The lowest BCUT2D eigenvalue weighted by Gasteiger charge is -2.09. The topological polar surface area (TPSA) is 58.0 Å². The van der Waals surface area contributed by atoms with Gasteiger partial charge in [-0.1, -0.05) is 24.3 Å². The highest BCUT2D eigenvalue weighted by Crippen LogP contribution is 2.24. The summed E-state index contributed by atoms with van der Waals surface area (Å²) in [4.78, 5) is 9.47. The van der Waals surface area contributed by atoms with Crippen LogP contribution in [0, 0.1) is 0 Å². The normalized spacial score (nSPS) is 10.8. The van der Waals surface area contributed by atoms with Crippen LogP contribution in [-0.2, 0) is 13.2 Å². The summed E-state index contributed by atoms with van der Waals surface area (Å²) in [6.45, 7) is 0.689. The van der Waals surface area contributed by atoms with Crippen LogP contribution in [0.4, 0.5) is 5.82 Å². The Kier molecular flexibility index (Phi) is 3.39. The molecule has 19 heavy (non-hydrogen) atoms. The third kappa shape index (κ3) is 2.43. The van der Waals surface area contributed by atoms with Crippen LogP contribution in [0.5, 0.6) is 0 Å². The van der Waals surface area contributed by atoms with Gasteiger partial charge >= 0.3 is 0 Å². The van der Waals surface area contributed by atoms with Crippen molar-refractivity contribution in [1.29, 1.82) is 0 Å². The molecule has 3 rings (SSSR count). The quantitative estimate of drug-likeness (QED) is 0.766. The van der Waals surface area contributed by atoms with Crippen molar-refractivity contribution in [3.05, 3.63) is 53.2 Å². The van der Waals surface area contributed by atoms with E-state index in [1.165, 1.54) is 0 Å². The summed E-state index contributed by atoms with van der Waals surface area (Å²) in [5, 5.41) is 15.7. The molecular formula is C14H13N3OS. The Morgan fingerprint density at radius 1 is 1.11 bits per heavy atom. The Morgan fingerprint density at radius 3 is 2.79 bits per heavy atom. The van der Waals surface area contributed by atoms with E-state index in [-0.39, 0.29) is 6.61 Å². The Balaban J connectivity index is 1.84. The van der Waals surface area contributed by atoms with E-state index in [0.29, 0.717) is 6.54 Å². The fourth-order valence-corrected chi connectivity index (χ4v) is 2.73. The van der Waals surface area contributed by atoms with Gasteiger partial charge in [-0.25, -0.2) is 9.97 Å². The number of hydrogen-bond donors (Lipinski definition) is 2. The van der Waals surface area contributed by atoms with Crippen molar-refractivity contribution in [1.82, 2.24) is 9.97 Å². The van der Waals surface area contributed by atoms with Gasteiger partial charge in [0.2, 0.25) is 0 Å². The summed E-state index contributed by atoms with van der Waals surface area (Å²) >= 11 is 1.60. The van der Waals surface area contributed by atoms with Gasteiger partial charge in [-0.2, -0.15) is 0 Å². The second-order valence-corrected chi connectivity index (χ2v) is 5.04. The lowest BCUT2D eigenvalue weighted by molar-refractivity contribution is 0.280. The molecule has 3 aromatic rings. The fourth-order valence-electron chi connectivity index (χ4n) is 1.99. The van der Waals surface area contributed by atoms with E-state index in [4.69, 9.17) is 0 Å². The van der Waals surface area contributed by atoms with Gasteiger partial charge in [0, 0.05) is 6.54 Å². The average Bonchev–Trinajstić information content (AvgIpc) is 2.94. The molecule has 2 N–H and O–H groups in total. The number of benzene rings is 1. The molecular weight excluding hydrogens is 258 g/mol. The molecule has 4 nitrogen and oxygen atoms in total. The highest BCUT2D eigenvalue weighted by Gasteiger charge is 2.05. The molecule has 0 radical (unpaired) electrons. The SMILES string of the molecule is OCc1ccccc1CNc1ncnc2sccc12. The number of nitrogens with one attached hydrogen (secondary N) is 1. The smallest absolute Gasteiger partial charge is 0.138 e.